The van der Waals surface area contributed by atoms with Crippen molar-refractivity contribution in [3.05, 3.63) is 24.0 Å². The molecule has 1 rings (SSSR count). The van der Waals surface area contributed by atoms with Gasteiger partial charge < -0.3 is 15.7 Å². The quantitative estimate of drug-likeness (QED) is 0.747. The Balaban J connectivity index is 2.73. The largest absolute Gasteiger partial charge is 0.476 e. The van der Waals surface area contributed by atoms with Crippen molar-refractivity contribution in [2.75, 3.05) is 5.32 Å². The average Bonchev–Trinajstić information content (AvgIpc) is 2.36. The predicted molar refractivity (Wildman–Crippen MR) is 67.7 cm³/mol. The number of nitrogens with one attached hydrogen (secondary N) is 2. The van der Waals surface area contributed by atoms with Gasteiger partial charge in [0.05, 0.1) is 5.69 Å². The molecule has 98 valence electrons. The highest BCUT2D eigenvalue weighted by molar-refractivity contribution is 5.98. The molecule has 0 saturated carbocycles. The number of pyridine rings is 1. The van der Waals surface area contributed by atoms with Crippen molar-refractivity contribution < 1.29 is 14.7 Å². The zero-order valence-corrected chi connectivity index (χ0v) is 10.4. The third kappa shape index (κ3) is 3.73. The summed E-state index contributed by atoms with van der Waals surface area (Å²) in [6.45, 7) is 3.95. The van der Waals surface area contributed by atoms with Crippen molar-refractivity contribution >= 4 is 17.7 Å². The van der Waals surface area contributed by atoms with Crippen molar-refractivity contribution in [1.82, 2.24) is 10.3 Å². The molecule has 0 radical (unpaired) electrons. The molecule has 0 atom stereocenters. The second kappa shape index (κ2) is 6.58. The molecule has 1 aromatic heterocycles. The first-order valence-corrected chi connectivity index (χ1v) is 5.84. The van der Waals surface area contributed by atoms with Crippen molar-refractivity contribution in [3.63, 3.8) is 0 Å². The molecule has 0 aliphatic carbocycles. The van der Waals surface area contributed by atoms with Gasteiger partial charge in [0.15, 0.2) is 5.69 Å². The summed E-state index contributed by atoms with van der Waals surface area (Å²) in [6, 6.07) is 2.73. The van der Waals surface area contributed by atoms with Crippen LogP contribution in [0.3, 0.4) is 0 Å². The summed E-state index contributed by atoms with van der Waals surface area (Å²) in [7, 11) is 0. The molecule has 3 N–H and O–H groups in total. The third-order valence-corrected chi connectivity index (χ3v) is 2.58. The normalized spacial score (nSPS) is 10.2. The number of carbonyl (C=O) groups excluding carboxylic acids is 1. The summed E-state index contributed by atoms with van der Waals surface area (Å²) in [5.74, 6) is -1.17. The lowest BCUT2D eigenvalue weighted by atomic mass is 10.2. The SMILES string of the molecule is CCC(CC)NC(=O)Nc1cccnc1C(=O)O. The van der Waals surface area contributed by atoms with Crippen LogP contribution < -0.4 is 10.6 Å². The molecule has 1 heterocycles. The Kier molecular flexibility index (Phi) is 5.10. The van der Waals surface area contributed by atoms with Crippen LogP contribution in [0.25, 0.3) is 0 Å². The van der Waals surface area contributed by atoms with Crippen LogP contribution in [0.2, 0.25) is 0 Å². The number of urea groups is 1. The van der Waals surface area contributed by atoms with Gasteiger partial charge in [-0.05, 0) is 25.0 Å². The molecule has 0 aliphatic rings. The number of rotatable bonds is 5. The number of aromatic nitrogens is 1. The average molecular weight is 251 g/mol. The third-order valence-electron chi connectivity index (χ3n) is 2.58. The smallest absolute Gasteiger partial charge is 0.356 e. The standard InChI is InChI=1S/C12H17N3O3/c1-3-8(4-2)14-12(18)15-9-6-5-7-13-10(9)11(16)17/h5-8H,3-4H2,1-2H3,(H,16,17)(H2,14,15,18). The highest BCUT2D eigenvalue weighted by Gasteiger charge is 2.14. The second-order valence-corrected chi connectivity index (χ2v) is 3.82. The molecule has 0 saturated heterocycles. The number of nitrogens with zero attached hydrogens (tertiary/aromatic N) is 1. The van der Waals surface area contributed by atoms with Crippen LogP contribution in [0, 0.1) is 0 Å². The van der Waals surface area contributed by atoms with E-state index in [1.165, 1.54) is 12.3 Å². The monoisotopic (exact) mass is 251 g/mol. The fourth-order valence-corrected chi connectivity index (χ4v) is 1.51. The van der Waals surface area contributed by atoms with E-state index in [1.807, 2.05) is 13.8 Å². The van der Waals surface area contributed by atoms with E-state index in [9.17, 15) is 9.59 Å². The van der Waals surface area contributed by atoms with E-state index < -0.39 is 12.0 Å². The van der Waals surface area contributed by atoms with Crippen molar-refractivity contribution in [2.24, 2.45) is 0 Å². The molecule has 0 fully saturated rings. The summed E-state index contributed by atoms with van der Waals surface area (Å²) < 4.78 is 0. The fraction of sp³-hybridized carbons (Fsp3) is 0.417. The summed E-state index contributed by atoms with van der Waals surface area (Å²) >= 11 is 0. The Morgan fingerprint density at radius 3 is 2.61 bits per heavy atom. The zero-order chi connectivity index (χ0) is 13.5. The number of carbonyl (C=O) groups is 2. The molecule has 0 aliphatic heterocycles. The first kappa shape index (κ1) is 14.0. The molecule has 2 amide bonds. The summed E-state index contributed by atoms with van der Waals surface area (Å²) in [4.78, 5) is 26.3. The fourth-order valence-electron chi connectivity index (χ4n) is 1.51. The maximum absolute atomic E-state index is 11.7. The Morgan fingerprint density at radius 2 is 2.06 bits per heavy atom. The van der Waals surface area contributed by atoms with E-state index in [4.69, 9.17) is 5.11 Å². The molecular formula is C12H17N3O3. The lowest BCUT2D eigenvalue weighted by molar-refractivity contribution is 0.0692. The van der Waals surface area contributed by atoms with Crippen LogP contribution in [0.1, 0.15) is 37.2 Å². The van der Waals surface area contributed by atoms with Gasteiger partial charge in [-0.1, -0.05) is 13.8 Å². The number of carboxylic acids is 1. The van der Waals surface area contributed by atoms with Crippen LogP contribution >= 0.6 is 0 Å². The highest BCUT2D eigenvalue weighted by Crippen LogP contribution is 2.11. The molecule has 6 nitrogen and oxygen atoms in total. The van der Waals surface area contributed by atoms with Gasteiger partial charge in [-0.25, -0.2) is 14.6 Å². The van der Waals surface area contributed by atoms with Crippen LogP contribution in [0.5, 0.6) is 0 Å². The molecule has 6 heteroatoms. The summed E-state index contributed by atoms with van der Waals surface area (Å²) in [6.07, 6.45) is 3.01. The maximum Gasteiger partial charge on any atom is 0.356 e. The molecule has 1 aromatic rings. The first-order chi connectivity index (χ1) is 8.58. The molecule has 0 spiro atoms. The van der Waals surface area contributed by atoms with Crippen LogP contribution in [0.15, 0.2) is 18.3 Å². The van der Waals surface area contributed by atoms with E-state index in [0.29, 0.717) is 0 Å². The van der Waals surface area contributed by atoms with Gasteiger partial charge >= 0.3 is 12.0 Å². The number of carboxylic acid groups (broad SMARTS) is 1. The predicted octanol–water partition coefficient (Wildman–Crippen LogP) is 2.09. The molecular weight excluding hydrogens is 234 g/mol. The zero-order valence-electron chi connectivity index (χ0n) is 10.4. The van der Waals surface area contributed by atoms with E-state index in [2.05, 4.69) is 15.6 Å². The van der Waals surface area contributed by atoms with Crippen LogP contribution in [0.4, 0.5) is 10.5 Å². The van der Waals surface area contributed by atoms with E-state index >= 15 is 0 Å². The van der Waals surface area contributed by atoms with Gasteiger partial charge in [0.2, 0.25) is 0 Å². The number of hydrogen-bond acceptors (Lipinski definition) is 3. The number of amides is 2. The molecule has 0 unspecified atom stereocenters. The minimum absolute atomic E-state index is 0.0787. The second-order valence-electron chi connectivity index (χ2n) is 3.82. The number of hydrogen-bond donors (Lipinski definition) is 3. The Bertz CT molecular complexity index is 430. The van der Waals surface area contributed by atoms with E-state index in [-0.39, 0.29) is 17.4 Å². The van der Waals surface area contributed by atoms with Gasteiger partial charge in [-0.3, -0.25) is 0 Å². The summed E-state index contributed by atoms with van der Waals surface area (Å²) in [5, 5.41) is 14.2. The molecule has 0 bridgehead atoms. The van der Waals surface area contributed by atoms with Gasteiger partial charge in [0.25, 0.3) is 0 Å². The maximum atomic E-state index is 11.7. The minimum atomic E-state index is -1.17. The first-order valence-electron chi connectivity index (χ1n) is 5.84. The van der Waals surface area contributed by atoms with Gasteiger partial charge in [-0.15, -0.1) is 0 Å². The highest BCUT2D eigenvalue weighted by atomic mass is 16.4. The number of aromatic carboxylic acids is 1. The van der Waals surface area contributed by atoms with Crippen LogP contribution in [-0.4, -0.2) is 28.1 Å². The number of anilines is 1. The van der Waals surface area contributed by atoms with E-state index in [0.717, 1.165) is 12.8 Å². The Labute approximate surface area is 105 Å². The lowest BCUT2D eigenvalue weighted by Gasteiger charge is -2.15. The Morgan fingerprint density at radius 1 is 1.39 bits per heavy atom. The van der Waals surface area contributed by atoms with Crippen LogP contribution in [-0.2, 0) is 0 Å². The van der Waals surface area contributed by atoms with Crippen molar-refractivity contribution in [3.8, 4) is 0 Å². The van der Waals surface area contributed by atoms with Gasteiger partial charge in [0, 0.05) is 12.2 Å². The molecule has 0 aromatic carbocycles. The van der Waals surface area contributed by atoms with Gasteiger partial charge in [0.1, 0.15) is 0 Å². The Hall–Kier alpha value is -2.11. The lowest BCUT2D eigenvalue weighted by Crippen LogP contribution is -2.37. The minimum Gasteiger partial charge on any atom is -0.476 e. The topological polar surface area (TPSA) is 91.3 Å². The van der Waals surface area contributed by atoms with Gasteiger partial charge in [-0.2, -0.15) is 0 Å². The van der Waals surface area contributed by atoms with Crippen molar-refractivity contribution in [1.29, 1.82) is 0 Å². The van der Waals surface area contributed by atoms with Crippen molar-refractivity contribution in [2.45, 2.75) is 32.7 Å². The summed E-state index contributed by atoms with van der Waals surface area (Å²) in [5.41, 5.74) is 0.0191. The van der Waals surface area contributed by atoms with E-state index in [1.54, 1.807) is 6.07 Å². The molecule has 18 heavy (non-hydrogen) atoms.